The zero-order valence-corrected chi connectivity index (χ0v) is 13.5. The van der Waals surface area contributed by atoms with Gasteiger partial charge in [-0.25, -0.2) is 8.42 Å². The van der Waals surface area contributed by atoms with E-state index < -0.39 is 20.6 Å². The lowest BCUT2D eigenvalue weighted by atomic mass is 10.1. The van der Waals surface area contributed by atoms with Crippen molar-refractivity contribution in [2.75, 3.05) is 12.0 Å². The van der Waals surface area contributed by atoms with Gasteiger partial charge >= 0.3 is 0 Å². The largest absolute Gasteiger partial charge is 0.399 e. The van der Waals surface area contributed by atoms with Gasteiger partial charge in [-0.3, -0.25) is 4.21 Å². The molecule has 0 saturated carbocycles. The van der Waals surface area contributed by atoms with Crippen molar-refractivity contribution in [1.29, 1.82) is 0 Å². The van der Waals surface area contributed by atoms with Crippen molar-refractivity contribution in [3.05, 3.63) is 53.6 Å². The molecule has 0 saturated heterocycles. The molecule has 0 bridgehead atoms. The SMILES string of the molecule is Cc1c(N)cccc1CS(=O)c1ccc(S(C)(=O)=O)cc1. The number of nitrogen functional groups attached to an aromatic ring is 1. The minimum Gasteiger partial charge on any atom is -0.399 e. The standard InChI is InChI=1S/C15H17NO3S2/c1-11-12(4-3-5-15(11)16)10-20(17)13-6-8-14(9-7-13)21(2,18)19/h3-9H,10,16H2,1-2H3. The van der Waals surface area contributed by atoms with E-state index in [1.807, 2.05) is 25.1 Å². The molecule has 0 radical (unpaired) electrons. The van der Waals surface area contributed by atoms with Crippen molar-refractivity contribution < 1.29 is 12.6 Å². The van der Waals surface area contributed by atoms with Gasteiger partial charge in [-0.1, -0.05) is 12.1 Å². The molecule has 0 amide bonds. The van der Waals surface area contributed by atoms with Crippen molar-refractivity contribution in [2.45, 2.75) is 22.5 Å². The van der Waals surface area contributed by atoms with E-state index in [2.05, 4.69) is 0 Å². The molecular formula is C15H17NO3S2. The van der Waals surface area contributed by atoms with Crippen molar-refractivity contribution in [2.24, 2.45) is 0 Å². The molecule has 21 heavy (non-hydrogen) atoms. The third-order valence-electron chi connectivity index (χ3n) is 3.29. The van der Waals surface area contributed by atoms with Crippen molar-refractivity contribution in [3.8, 4) is 0 Å². The van der Waals surface area contributed by atoms with Crippen LogP contribution in [-0.2, 0) is 26.4 Å². The van der Waals surface area contributed by atoms with Crippen LogP contribution in [0.1, 0.15) is 11.1 Å². The predicted octanol–water partition coefficient (Wildman–Crippen LogP) is 2.29. The fourth-order valence-corrected chi connectivity index (χ4v) is 3.75. The van der Waals surface area contributed by atoms with Gasteiger partial charge in [-0.15, -0.1) is 0 Å². The molecular weight excluding hydrogens is 306 g/mol. The monoisotopic (exact) mass is 323 g/mol. The molecule has 0 fully saturated rings. The van der Waals surface area contributed by atoms with Crippen molar-refractivity contribution in [3.63, 3.8) is 0 Å². The van der Waals surface area contributed by atoms with Gasteiger partial charge in [-0.2, -0.15) is 0 Å². The van der Waals surface area contributed by atoms with E-state index in [4.69, 9.17) is 5.73 Å². The highest BCUT2D eigenvalue weighted by Gasteiger charge is 2.11. The van der Waals surface area contributed by atoms with Gasteiger partial charge < -0.3 is 5.73 Å². The molecule has 0 aliphatic carbocycles. The first-order valence-corrected chi connectivity index (χ1v) is 9.52. The summed E-state index contributed by atoms with van der Waals surface area (Å²) in [5.41, 5.74) is 8.38. The Morgan fingerprint density at radius 1 is 1.10 bits per heavy atom. The van der Waals surface area contributed by atoms with Crippen molar-refractivity contribution >= 4 is 26.3 Å². The molecule has 1 atom stereocenters. The van der Waals surface area contributed by atoms with E-state index in [9.17, 15) is 12.6 Å². The highest BCUT2D eigenvalue weighted by atomic mass is 32.2. The van der Waals surface area contributed by atoms with Gasteiger partial charge in [0.1, 0.15) is 0 Å². The molecule has 2 rings (SSSR count). The number of rotatable bonds is 4. The predicted molar refractivity (Wildman–Crippen MR) is 85.3 cm³/mol. The second-order valence-corrected chi connectivity index (χ2v) is 8.33. The Hall–Kier alpha value is -1.66. The van der Waals surface area contributed by atoms with Crippen LogP contribution in [0.2, 0.25) is 0 Å². The topological polar surface area (TPSA) is 77.2 Å². The van der Waals surface area contributed by atoms with Gasteiger partial charge in [0, 0.05) is 16.8 Å². The van der Waals surface area contributed by atoms with Gasteiger partial charge in [0.05, 0.1) is 21.4 Å². The molecule has 0 aliphatic heterocycles. The minimum atomic E-state index is -3.23. The van der Waals surface area contributed by atoms with Gasteiger partial charge in [0.2, 0.25) is 0 Å². The number of benzene rings is 2. The lowest BCUT2D eigenvalue weighted by molar-refractivity contribution is 0.601. The first kappa shape index (κ1) is 15.7. The maximum atomic E-state index is 12.4. The summed E-state index contributed by atoms with van der Waals surface area (Å²) in [6, 6.07) is 11.7. The van der Waals surface area contributed by atoms with Crippen LogP contribution in [0.4, 0.5) is 5.69 Å². The Labute approximate surface area is 127 Å². The van der Waals surface area contributed by atoms with Crippen LogP contribution in [0, 0.1) is 6.92 Å². The fourth-order valence-electron chi connectivity index (χ4n) is 1.92. The number of nitrogens with two attached hydrogens (primary N) is 1. The molecule has 0 heterocycles. The van der Waals surface area contributed by atoms with E-state index in [0.717, 1.165) is 17.4 Å². The minimum absolute atomic E-state index is 0.225. The fraction of sp³-hybridized carbons (Fsp3) is 0.200. The quantitative estimate of drug-likeness (QED) is 0.876. The summed E-state index contributed by atoms with van der Waals surface area (Å²) in [4.78, 5) is 0.826. The van der Waals surface area contributed by atoms with E-state index >= 15 is 0 Å². The third-order valence-corrected chi connectivity index (χ3v) is 5.79. The van der Waals surface area contributed by atoms with Gasteiger partial charge in [-0.05, 0) is 48.4 Å². The Morgan fingerprint density at radius 2 is 1.71 bits per heavy atom. The second kappa shape index (κ2) is 5.99. The molecule has 0 aliphatic rings. The van der Waals surface area contributed by atoms with Crippen LogP contribution in [0.5, 0.6) is 0 Å². The molecule has 0 aromatic heterocycles. The lowest BCUT2D eigenvalue weighted by Crippen LogP contribution is -2.02. The molecule has 6 heteroatoms. The van der Waals surface area contributed by atoms with Crippen LogP contribution in [-0.4, -0.2) is 18.9 Å². The molecule has 112 valence electrons. The van der Waals surface area contributed by atoms with Gasteiger partial charge in [0.25, 0.3) is 0 Å². The van der Waals surface area contributed by atoms with E-state index in [-0.39, 0.29) is 4.90 Å². The molecule has 4 nitrogen and oxygen atoms in total. The zero-order chi connectivity index (χ0) is 15.6. The summed E-state index contributed by atoms with van der Waals surface area (Å²) < 4.78 is 35.2. The second-order valence-electron chi connectivity index (χ2n) is 4.86. The lowest BCUT2D eigenvalue weighted by Gasteiger charge is -2.08. The van der Waals surface area contributed by atoms with Crippen LogP contribution < -0.4 is 5.73 Å². The summed E-state index contributed by atoms with van der Waals surface area (Å²) in [6.45, 7) is 1.90. The molecule has 1 unspecified atom stereocenters. The Balaban J connectivity index is 2.23. The first-order valence-electron chi connectivity index (χ1n) is 6.31. The van der Waals surface area contributed by atoms with E-state index in [0.29, 0.717) is 16.3 Å². The summed E-state index contributed by atoms with van der Waals surface area (Å²) in [5, 5.41) is 0. The molecule has 2 N–H and O–H groups in total. The van der Waals surface area contributed by atoms with E-state index in [1.165, 1.54) is 12.1 Å². The van der Waals surface area contributed by atoms with Crippen LogP contribution in [0.25, 0.3) is 0 Å². The Morgan fingerprint density at radius 3 is 2.29 bits per heavy atom. The average molecular weight is 323 g/mol. The van der Waals surface area contributed by atoms with E-state index in [1.54, 1.807) is 12.1 Å². The summed E-state index contributed by atoms with van der Waals surface area (Å²) >= 11 is 0. The maximum Gasteiger partial charge on any atom is 0.175 e. The highest BCUT2D eigenvalue weighted by Crippen LogP contribution is 2.20. The number of anilines is 1. The van der Waals surface area contributed by atoms with Gasteiger partial charge in [0.15, 0.2) is 9.84 Å². The number of hydrogen-bond donors (Lipinski definition) is 1. The van der Waals surface area contributed by atoms with Crippen LogP contribution in [0.3, 0.4) is 0 Å². The van der Waals surface area contributed by atoms with Crippen LogP contribution in [0.15, 0.2) is 52.3 Å². The Bertz CT molecular complexity index is 781. The number of hydrogen-bond acceptors (Lipinski definition) is 4. The zero-order valence-electron chi connectivity index (χ0n) is 11.9. The molecule has 2 aromatic rings. The summed E-state index contributed by atoms with van der Waals surface area (Å²) in [7, 11) is -4.47. The number of sulfone groups is 1. The smallest absolute Gasteiger partial charge is 0.175 e. The third kappa shape index (κ3) is 3.71. The normalized spacial score (nSPS) is 13.0. The van der Waals surface area contributed by atoms with Crippen molar-refractivity contribution in [1.82, 2.24) is 0 Å². The summed E-state index contributed by atoms with van der Waals surface area (Å²) in [6.07, 6.45) is 1.15. The average Bonchev–Trinajstić information content (AvgIpc) is 2.43. The Kier molecular flexibility index (Phi) is 4.49. The highest BCUT2D eigenvalue weighted by molar-refractivity contribution is 7.90. The van der Waals surface area contributed by atoms with Crippen LogP contribution >= 0.6 is 0 Å². The first-order chi connectivity index (χ1) is 9.79. The molecule has 0 spiro atoms. The maximum absolute atomic E-state index is 12.4. The summed E-state index contributed by atoms with van der Waals surface area (Å²) in [5.74, 6) is 0.356. The molecule has 2 aromatic carbocycles.